The molecule has 0 aliphatic heterocycles. The Bertz CT molecular complexity index is 1520. The SMILES string of the molecule is O=C(CSc1nc2c(sc3ncccc32)c(=O)n1Cc1ccccc1)Nc1ccc(F)cc1. The summed E-state index contributed by atoms with van der Waals surface area (Å²) in [6.45, 7) is 0.339. The van der Waals surface area contributed by atoms with Gasteiger partial charge in [0.2, 0.25) is 5.91 Å². The van der Waals surface area contributed by atoms with Crippen LogP contribution in [-0.2, 0) is 11.3 Å². The molecule has 3 heterocycles. The lowest BCUT2D eigenvalue weighted by atomic mass is 10.2. The summed E-state index contributed by atoms with van der Waals surface area (Å²) in [4.78, 5) is 35.8. The zero-order valence-corrected chi connectivity index (χ0v) is 18.8. The van der Waals surface area contributed by atoms with Gasteiger partial charge in [0.15, 0.2) is 5.16 Å². The molecule has 2 aromatic carbocycles. The van der Waals surface area contributed by atoms with E-state index in [9.17, 15) is 14.0 Å². The van der Waals surface area contributed by atoms with Crippen LogP contribution >= 0.6 is 23.1 Å². The first-order valence-electron chi connectivity index (χ1n) is 10.1. The van der Waals surface area contributed by atoms with Crippen molar-refractivity contribution < 1.29 is 9.18 Å². The molecular formula is C24H17FN4O2S2. The molecule has 9 heteroatoms. The number of aromatic nitrogens is 3. The summed E-state index contributed by atoms with van der Waals surface area (Å²) in [6.07, 6.45) is 1.69. The van der Waals surface area contributed by atoms with Crippen LogP contribution in [-0.4, -0.2) is 26.2 Å². The molecule has 0 unspecified atom stereocenters. The highest BCUT2D eigenvalue weighted by Crippen LogP contribution is 2.30. The maximum absolute atomic E-state index is 13.4. The van der Waals surface area contributed by atoms with Gasteiger partial charge in [0.05, 0.1) is 17.8 Å². The van der Waals surface area contributed by atoms with E-state index in [0.29, 0.717) is 27.6 Å². The molecule has 0 radical (unpaired) electrons. The van der Waals surface area contributed by atoms with E-state index >= 15 is 0 Å². The predicted molar refractivity (Wildman–Crippen MR) is 130 cm³/mol. The van der Waals surface area contributed by atoms with Gasteiger partial charge >= 0.3 is 0 Å². The lowest BCUT2D eigenvalue weighted by molar-refractivity contribution is -0.113. The molecule has 1 N–H and O–H groups in total. The van der Waals surface area contributed by atoms with Gasteiger partial charge < -0.3 is 5.32 Å². The van der Waals surface area contributed by atoms with Crippen molar-refractivity contribution in [2.75, 3.05) is 11.1 Å². The molecule has 5 aromatic rings. The second kappa shape index (κ2) is 9.13. The minimum Gasteiger partial charge on any atom is -0.325 e. The Labute approximate surface area is 196 Å². The molecule has 3 aromatic heterocycles. The lowest BCUT2D eigenvalue weighted by Crippen LogP contribution is -2.24. The molecule has 0 bridgehead atoms. The highest BCUT2D eigenvalue weighted by molar-refractivity contribution is 7.99. The molecule has 6 nitrogen and oxygen atoms in total. The number of carbonyl (C=O) groups is 1. The molecule has 33 heavy (non-hydrogen) atoms. The summed E-state index contributed by atoms with van der Waals surface area (Å²) in [5.41, 5.74) is 1.90. The number of nitrogens with zero attached hydrogens (tertiary/aromatic N) is 3. The molecular weight excluding hydrogens is 459 g/mol. The van der Waals surface area contributed by atoms with Crippen molar-refractivity contribution in [1.82, 2.24) is 14.5 Å². The van der Waals surface area contributed by atoms with Crippen LogP contribution in [0, 0.1) is 5.82 Å². The number of carbonyl (C=O) groups excluding carboxylic acids is 1. The van der Waals surface area contributed by atoms with Crippen LogP contribution in [0.25, 0.3) is 20.4 Å². The monoisotopic (exact) mass is 476 g/mol. The quantitative estimate of drug-likeness (QED) is 0.278. The fourth-order valence-corrected chi connectivity index (χ4v) is 5.24. The number of benzene rings is 2. The van der Waals surface area contributed by atoms with E-state index in [-0.39, 0.29) is 23.0 Å². The van der Waals surface area contributed by atoms with Crippen molar-refractivity contribution in [3.8, 4) is 0 Å². The molecule has 0 fully saturated rings. The van der Waals surface area contributed by atoms with Crippen molar-refractivity contribution in [2.24, 2.45) is 0 Å². The van der Waals surface area contributed by atoms with Gasteiger partial charge in [-0.1, -0.05) is 42.1 Å². The first kappa shape index (κ1) is 21.3. The summed E-state index contributed by atoms with van der Waals surface area (Å²) in [6, 6.07) is 18.9. The van der Waals surface area contributed by atoms with Crippen LogP contribution in [0.2, 0.25) is 0 Å². The summed E-state index contributed by atoms with van der Waals surface area (Å²) < 4.78 is 15.2. The van der Waals surface area contributed by atoms with Crippen LogP contribution < -0.4 is 10.9 Å². The number of thiophene rings is 1. The van der Waals surface area contributed by atoms with Crippen molar-refractivity contribution >= 4 is 55.1 Å². The molecule has 0 saturated heterocycles. The first-order valence-corrected chi connectivity index (χ1v) is 11.9. The van der Waals surface area contributed by atoms with Crippen LogP contribution in [0.3, 0.4) is 0 Å². The number of fused-ring (bicyclic) bond motifs is 3. The summed E-state index contributed by atoms with van der Waals surface area (Å²) in [5, 5.41) is 4.01. The van der Waals surface area contributed by atoms with Crippen LogP contribution in [0.15, 0.2) is 82.9 Å². The van der Waals surface area contributed by atoms with Gasteiger partial charge in [-0.25, -0.2) is 14.4 Å². The van der Waals surface area contributed by atoms with E-state index in [4.69, 9.17) is 4.98 Å². The van der Waals surface area contributed by atoms with Crippen LogP contribution in [0.5, 0.6) is 0 Å². The molecule has 0 saturated carbocycles. The number of hydrogen-bond acceptors (Lipinski definition) is 6. The number of anilines is 1. The third-order valence-corrected chi connectivity index (χ3v) is 7.03. The Hall–Kier alpha value is -3.56. The topological polar surface area (TPSA) is 76.9 Å². The van der Waals surface area contributed by atoms with Crippen molar-refractivity contribution in [1.29, 1.82) is 0 Å². The zero-order chi connectivity index (χ0) is 22.8. The number of rotatable bonds is 6. The normalized spacial score (nSPS) is 11.2. The Kier molecular flexibility index (Phi) is 5.89. The number of nitrogens with one attached hydrogen (secondary N) is 1. The fourth-order valence-electron chi connectivity index (χ4n) is 3.42. The molecule has 0 aliphatic rings. The summed E-state index contributed by atoms with van der Waals surface area (Å²) in [5.74, 6) is -0.601. The smallest absolute Gasteiger partial charge is 0.272 e. The van der Waals surface area contributed by atoms with E-state index in [1.54, 1.807) is 10.8 Å². The maximum atomic E-state index is 13.4. The van der Waals surface area contributed by atoms with E-state index in [1.807, 2.05) is 42.5 Å². The van der Waals surface area contributed by atoms with Gasteiger partial charge in [0, 0.05) is 17.3 Å². The maximum Gasteiger partial charge on any atom is 0.272 e. The standard InChI is InChI=1S/C24H17FN4O2S2/c25-16-8-10-17(11-9-16)27-19(30)14-32-24-28-20-18-7-4-12-26-22(18)33-21(20)23(31)29(24)13-15-5-2-1-3-6-15/h1-12H,13-14H2,(H,27,30). The van der Waals surface area contributed by atoms with Gasteiger partial charge in [-0.05, 0) is 42.0 Å². The molecule has 0 aliphatic carbocycles. The van der Waals surface area contributed by atoms with E-state index in [2.05, 4.69) is 10.3 Å². The molecule has 5 rings (SSSR count). The van der Waals surface area contributed by atoms with Gasteiger partial charge in [0.25, 0.3) is 5.56 Å². The van der Waals surface area contributed by atoms with Gasteiger partial charge in [0.1, 0.15) is 15.3 Å². The number of pyridine rings is 1. The molecule has 164 valence electrons. The van der Waals surface area contributed by atoms with E-state index in [1.165, 1.54) is 47.4 Å². The minimum absolute atomic E-state index is 0.0461. The third-order valence-electron chi connectivity index (χ3n) is 4.96. The van der Waals surface area contributed by atoms with Crippen LogP contribution in [0.1, 0.15) is 5.56 Å². The highest BCUT2D eigenvalue weighted by atomic mass is 32.2. The second-order valence-corrected chi connectivity index (χ2v) is 9.19. The largest absolute Gasteiger partial charge is 0.325 e. The average Bonchev–Trinajstić information content (AvgIpc) is 3.21. The van der Waals surface area contributed by atoms with Gasteiger partial charge in [-0.3, -0.25) is 14.2 Å². The predicted octanol–water partition coefficient (Wildman–Crippen LogP) is 4.92. The Morgan fingerprint density at radius 2 is 1.85 bits per heavy atom. The first-order chi connectivity index (χ1) is 16.1. The average molecular weight is 477 g/mol. The Morgan fingerprint density at radius 3 is 2.64 bits per heavy atom. The summed E-state index contributed by atoms with van der Waals surface area (Å²) in [7, 11) is 0. The van der Waals surface area contributed by atoms with Crippen molar-refractivity contribution in [2.45, 2.75) is 11.7 Å². The van der Waals surface area contributed by atoms with E-state index < -0.39 is 0 Å². The summed E-state index contributed by atoms with van der Waals surface area (Å²) >= 11 is 2.51. The third kappa shape index (κ3) is 4.50. The number of hydrogen-bond donors (Lipinski definition) is 1. The van der Waals surface area contributed by atoms with Crippen LogP contribution in [0.4, 0.5) is 10.1 Å². The number of halogens is 1. The van der Waals surface area contributed by atoms with Gasteiger partial charge in [-0.2, -0.15) is 0 Å². The fraction of sp³-hybridized carbons (Fsp3) is 0.0833. The van der Waals surface area contributed by atoms with E-state index in [0.717, 1.165) is 15.8 Å². The zero-order valence-electron chi connectivity index (χ0n) is 17.2. The van der Waals surface area contributed by atoms with Crippen molar-refractivity contribution in [3.63, 3.8) is 0 Å². The molecule has 1 amide bonds. The minimum atomic E-state index is -0.373. The Balaban J connectivity index is 1.50. The number of amides is 1. The molecule has 0 atom stereocenters. The highest BCUT2D eigenvalue weighted by Gasteiger charge is 2.18. The Morgan fingerprint density at radius 1 is 1.06 bits per heavy atom. The van der Waals surface area contributed by atoms with Crippen molar-refractivity contribution in [3.05, 3.63) is 94.7 Å². The second-order valence-electron chi connectivity index (χ2n) is 7.25. The molecule has 0 spiro atoms. The lowest BCUT2D eigenvalue weighted by Gasteiger charge is -2.12. The van der Waals surface area contributed by atoms with Gasteiger partial charge in [-0.15, -0.1) is 11.3 Å². The number of thioether (sulfide) groups is 1.